The van der Waals surface area contributed by atoms with E-state index in [2.05, 4.69) is 6.07 Å². The van der Waals surface area contributed by atoms with E-state index in [1.165, 1.54) is 11.9 Å². The van der Waals surface area contributed by atoms with Crippen LogP contribution in [0.5, 0.6) is 0 Å². The Kier molecular flexibility index (Phi) is 6.53. The molecule has 0 heterocycles. The van der Waals surface area contributed by atoms with E-state index in [1.807, 2.05) is 41.6 Å². The predicted octanol–water partition coefficient (Wildman–Crippen LogP) is 4.60. The molecular weight excluding hydrogens is 344 g/mol. The number of anilines is 1. The molecule has 0 radical (unpaired) electrons. The first-order valence-electron chi connectivity index (χ1n) is 7.41. The van der Waals surface area contributed by atoms with Gasteiger partial charge in [0.05, 0.1) is 23.9 Å². The number of nitrogens with zero attached hydrogens (tertiary/aromatic N) is 2. The topological polar surface area (TPSA) is 53.3 Å². The van der Waals surface area contributed by atoms with Crippen LogP contribution in [0.2, 0.25) is 5.02 Å². The number of ether oxygens (including phenoxy) is 1. The van der Waals surface area contributed by atoms with E-state index in [9.17, 15) is 4.79 Å². The molecule has 0 saturated heterocycles. The van der Waals surface area contributed by atoms with Crippen LogP contribution in [-0.2, 0) is 9.53 Å². The third-order valence-corrected chi connectivity index (χ3v) is 4.72. The third-order valence-electron chi connectivity index (χ3n) is 3.28. The Bertz CT molecular complexity index is 757. The lowest BCUT2D eigenvalue weighted by atomic mass is 10.2. The molecule has 0 aliphatic carbocycles. The van der Waals surface area contributed by atoms with Crippen molar-refractivity contribution in [1.29, 1.82) is 5.26 Å². The van der Waals surface area contributed by atoms with Crippen molar-refractivity contribution in [2.24, 2.45) is 0 Å². The van der Waals surface area contributed by atoms with Gasteiger partial charge in [-0.3, -0.25) is 4.79 Å². The minimum absolute atomic E-state index is 0.0969. The van der Waals surface area contributed by atoms with E-state index in [1.54, 1.807) is 19.1 Å². The van der Waals surface area contributed by atoms with Crippen LogP contribution in [0.1, 0.15) is 18.1 Å². The second-order valence-electron chi connectivity index (χ2n) is 4.95. The van der Waals surface area contributed by atoms with Gasteiger partial charge in [0, 0.05) is 9.92 Å². The maximum Gasteiger partial charge on any atom is 0.326 e. The molecule has 0 unspecified atom stereocenters. The molecule has 0 amide bonds. The zero-order chi connectivity index (χ0) is 17.5. The summed E-state index contributed by atoms with van der Waals surface area (Å²) in [5.41, 5.74) is 2.34. The highest BCUT2D eigenvalue weighted by molar-refractivity contribution is 8.00. The standard InChI is InChI=1S/C18H17ClN2O2S/c1-3-23-18(22)12-21(17-6-4-5-16(19)13(17)2)24-15-9-7-14(11-20)8-10-15/h4-10H,3,12H2,1-2H3. The van der Waals surface area contributed by atoms with Crippen molar-refractivity contribution in [1.82, 2.24) is 0 Å². The fourth-order valence-electron chi connectivity index (χ4n) is 2.07. The molecule has 2 rings (SSSR count). The van der Waals surface area contributed by atoms with E-state index in [0.29, 0.717) is 17.2 Å². The van der Waals surface area contributed by atoms with E-state index >= 15 is 0 Å². The number of esters is 1. The van der Waals surface area contributed by atoms with E-state index in [0.717, 1.165) is 16.1 Å². The van der Waals surface area contributed by atoms with Gasteiger partial charge < -0.3 is 9.04 Å². The molecule has 0 bridgehead atoms. The Labute approximate surface area is 151 Å². The normalized spacial score (nSPS) is 10.1. The average Bonchev–Trinajstić information content (AvgIpc) is 2.58. The summed E-state index contributed by atoms with van der Waals surface area (Å²) in [5.74, 6) is -0.307. The van der Waals surface area contributed by atoms with Gasteiger partial charge in [-0.1, -0.05) is 17.7 Å². The van der Waals surface area contributed by atoms with Crippen molar-refractivity contribution in [3.63, 3.8) is 0 Å². The largest absolute Gasteiger partial charge is 0.465 e. The molecule has 6 heteroatoms. The monoisotopic (exact) mass is 360 g/mol. The summed E-state index contributed by atoms with van der Waals surface area (Å²) < 4.78 is 6.92. The molecule has 0 aliphatic heterocycles. The van der Waals surface area contributed by atoms with Gasteiger partial charge in [0.2, 0.25) is 0 Å². The van der Waals surface area contributed by atoms with Crippen LogP contribution in [0.4, 0.5) is 5.69 Å². The number of carbonyl (C=O) groups is 1. The van der Waals surface area contributed by atoms with Gasteiger partial charge in [-0.25, -0.2) is 0 Å². The molecule has 0 saturated carbocycles. The molecule has 0 aliphatic rings. The molecule has 2 aromatic rings. The van der Waals surface area contributed by atoms with Gasteiger partial charge in [0.25, 0.3) is 0 Å². The molecule has 0 N–H and O–H groups in total. The number of halogens is 1. The number of nitriles is 1. The summed E-state index contributed by atoms with van der Waals surface area (Å²) in [7, 11) is 0. The minimum Gasteiger partial charge on any atom is -0.465 e. The van der Waals surface area contributed by atoms with Crippen LogP contribution < -0.4 is 4.31 Å². The summed E-state index contributed by atoms with van der Waals surface area (Å²) in [6.45, 7) is 4.12. The number of carbonyl (C=O) groups excluding carboxylic acids is 1. The predicted molar refractivity (Wildman–Crippen MR) is 97.2 cm³/mol. The van der Waals surface area contributed by atoms with Crippen LogP contribution in [0.15, 0.2) is 47.4 Å². The molecule has 0 atom stereocenters. The lowest BCUT2D eigenvalue weighted by Crippen LogP contribution is -2.25. The zero-order valence-electron chi connectivity index (χ0n) is 13.5. The summed E-state index contributed by atoms with van der Waals surface area (Å²) >= 11 is 7.61. The molecule has 0 fully saturated rings. The first-order valence-corrected chi connectivity index (χ1v) is 8.56. The zero-order valence-corrected chi connectivity index (χ0v) is 15.0. The Hall–Kier alpha value is -2.16. The van der Waals surface area contributed by atoms with Gasteiger partial charge in [-0.15, -0.1) is 0 Å². The van der Waals surface area contributed by atoms with Crippen molar-refractivity contribution >= 4 is 35.2 Å². The number of rotatable bonds is 6. The molecule has 0 spiro atoms. The van der Waals surface area contributed by atoms with E-state index in [-0.39, 0.29) is 12.5 Å². The fourth-order valence-corrected chi connectivity index (χ4v) is 3.22. The Morgan fingerprint density at radius 1 is 1.29 bits per heavy atom. The molecular formula is C18H17ClN2O2S. The van der Waals surface area contributed by atoms with Gasteiger partial charge in [0.1, 0.15) is 6.54 Å². The van der Waals surface area contributed by atoms with E-state index < -0.39 is 0 Å². The lowest BCUT2D eigenvalue weighted by Gasteiger charge is -2.24. The molecule has 124 valence electrons. The first kappa shape index (κ1) is 18.2. The lowest BCUT2D eigenvalue weighted by molar-refractivity contribution is -0.141. The Morgan fingerprint density at radius 3 is 2.62 bits per heavy atom. The molecule has 24 heavy (non-hydrogen) atoms. The molecule has 0 aromatic heterocycles. The highest BCUT2D eigenvalue weighted by atomic mass is 35.5. The number of benzene rings is 2. The smallest absolute Gasteiger partial charge is 0.326 e. The minimum atomic E-state index is -0.307. The molecule has 2 aromatic carbocycles. The van der Waals surface area contributed by atoms with Crippen LogP contribution in [0.25, 0.3) is 0 Å². The van der Waals surface area contributed by atoms with Crippen LogP contribution in [0.3, 0.4) is 0 Å². The van der Waals surface area contributed by atoms with Crippen molar-refractivity contribution in [2.45, 2.75) is 18.7 Å². The second-order valence-corrected chi connectivity index (χ2v) is 6.46. The summed E-state index contributed by atoms with van der Waals surface area (Å²) in [6.07, 6.45) is 0. The van der Waals surface area contributed by atoms with E-state index in [4.69, 9.17) is 21.6 Å². The summed E-state index contributed by atoms with van der Waals surface area (Å²) in [5, 5.41) is 9.53. The van der Waals surface area contributed by atoms with Crippen LogP contribution in [0, 0.1) is 18.3 Å². The van der Waals surface area contributed by atoms with Crippen molar-refractivity contribution in [3.8, 4) is 6.07 Å². The quantitative estimate of drug-likeness (QED) is 0.556. The number of hydrogen-bond donors (Lipinski definition) is 0. The van der Waals surface area contributed by atoms with Crippen LogP contribution >= 0.6 is 23.5 Å². The maximum atomic E-state index is 12.0. The summed E-state index contributed by atoms with van der Waals surface area (Å²) in [4.78, 5) is 12.9. The highest BCUT2D eigenvalue weighted by Crippen LogP contribution is 2.34. The van der Waals surface area contributed by atoms with Gasteiger partial charge in [-0.2, -0.15) is 5.26 Å². The Balaban J connectivity index is 2.29. The third kappa shape index (κ3) is 4.67. The second kappa shape index (κ2) is 8.62. The van der Waals surface area contributed by atoms with Crippen molar-refractivity contribution in [3.05, 3.63) is 58.6 Å². The van der Waals surface area contributed by atoms with Crippen molar-refractivity contribution < 1.29 is 9.53 Å². The van der Waals surface area contributed by atoms with Gasteiger partial charge in [-0.05, 0) is 67.8 Å². The number of hydrogen-bond acceptors (Lipinski definition) is 5. The fraction of sp³-hybridized carbons (Fsp3) is 0.222. The SMILES string of the molecule is CCOC(=O)CN(Sc1ccc(C#N)cc1)c1cccc(Cl)c1C. The van der Waals surface area contributed by atoms with Gasteiger partial charge in [0.15, 0.2) is 0 Å². The first-order chi connectivity index (χ1) is 11.5. The highest BCUT2D eigenvalue weighted by Gasteiger charge is 2.17. The van der Waals surface area contributed by atoms with Crippen molar-refractivity contribution in [2.75, 3.05) is 17.5 Å². The van der Waals surface area contributed by atoms with Crippen LogP contribution in [-0.4, -0.2) is 19.1 Å². The Morgan fingerprint density at radius 2 is 2.00 bits per heavy atom. The summed E-state index contributed by atoms with van der Waals surface area (Å²) in [6, 6.07) is 14.9. The average molecular weight is 361 g/mol. The van der Waals surface area contributed by atoms with Gasteiger partial charge >= 0.3 is 5.97 Å². The molecule has 4 nitrogen and oxygen atoms in total. The maximum absolute atomic E-state index is 12.0.